The molecular weight excluding hydrogens is 194 g/mol. The number of halogens is 6. The summed E-state index contributed by atoms with van der Waals surface area (Å²) in [5.41, 5.74) is 0. The lowest BCUT2D eigenvalue weighted by atomic mass is 10.6. The standard InChI is InChI=1S/C4H4F6O2/c5-2(6)1-12-4(9,10)3(7,8)11/h2,11H,1H2. The first-order chi connectivity index (χ1) is 5.17. The number of rotatable bonds is 4. The van der Waals surface area contributed by atoms with Gasteiger partial charge >= 0.3 is 12.2 Å². The van der Waals surface area contributed by atoms with E-state index in [4.69, 9.17) is 5.11 Å². The number of ether oxygens (including phenoxy) is 1. The van der Waals surface area contributed by atoms with Crippen LogP contribution in [0.5, 0.6) is 0 Å². The maximum atomic E-state index is 11.7. The van der Waals surface area contributed by atoms with Crippen LogP contribution in [0.4, 0.5) is 26.3 Å². The molecule has 2 nitrogen and oxygen atoms in total. The molecule has 0 fully saturated rings. The van der Waals surface area contributed by atoms with Crippen molar-refractivity contribution in [1.82, 2.24) is 0 Å². The molecule has 0 saturated heterocycles. The van der Waals surface area contributed by atoms with Crippen LogP contribution in [0.3, 0.4) is 0 Å². The third kappa shape index (κ3) is 3.26. The van der Waals surface area contributed by atoms with Crippen molar-refractivity contribution in [2.45, 2.75) is 18.6 Å². The molecule has 0 rings (SSSR count). The van der Waals surface area contributed by atoms with Crippen LogP contribution in [0, 0.1) is 0 Å². The molecule has 0 heterocycles. The second-order valence-corrected chi connectivity index (χ2v) is 1.76. The molecule has 8 heteroatoms. The van der Waals surface area contributed by atoms with Crippen molar-refractivity contribution >= 4 is 0 Å². The SMILES string of the molecule is OC(F)(F)C(F)(F)OCC(F)F. The van der Waals surface area contributed by atoms with Gasteiger partial charge in [0.15, 0.2) is 0 Å². The van der Waals surface area contributed by atoms with Crippen LogP contribution in [-0.2, 0) is 4.74 Å². The van der Waals surface area contributed by atoms with Crippen molar-refractivity contribution in [3.63, 3.8) is 0 Å². The van der Waals surface area contributed by atoms with Gasteiger partial charge in [0.25, 0.3) is 6.43 Å². The first-order valence-electron chi connectivity index (χ1n) is 2.57. The minimum absolute atomic E-state index is 1.87. The van der Waals surface area contributed by atoms with Gasteiger partial charge in [-0.1, -0.05) is 0 Å². The molecule has 0 unspecified atom stereocenters. The predicted octanol–water partition coefficient (Wildman–Crippen LogP) is 1.45. The highest BCUT2D eigenvalue weighted by Gasteiger charge is 2.57. The molecule has 0 aromatic rings. The van der Waals surface area contributed by atoms with Crippen LogP contribution in [-0.4, -0.2) is 30.4 Å². The summed E-state index contributed by atoms with van der Waals surface area (Å²) >= 11 is 0. The summed E-state index contributed by atoms with van der Waals surface area (Å²) < 4.78 is 71.4. The van der Waals surface area contributed by atoms with Gasteiger partial charge in [0.1, 0.15) is 6.61 Å². The summed E-state index contributed by atoms with van der Waals surface area (Å²) in [6.07, 6.45) is -14.1. The second kappa shape index (κ2) is 3.48. The number of alkyl halides is 6. The second-order valence-electron chi connectivity index (χ2n) is 1.76. The van der Waals surface area contributed by atoms with E-state index in [0.29, 0.717) is 0 Å². The molecule has 0 aromatic carbocycles. The molecule has 0 saturated carbocycles. The summed E-state index contributed by atoms with van der Waals surface area (Å²) in [6, 6.07) is 0. The van der Waals surface area contributed by atoms with Crippen molar-refractivity contribution in [2.24, 2.45) is 0 Å². The topological polar surface area (TPSA) is 29.5 Å². The van der Waals surface area contributed by atoms with E-state index in [-0.39, 0.29) is 0 Å². The van der Waals surface area contributed by atoms with Crippen LogP contribution >= 0.6 is 0 Å². The summed E-state index contributed by atoms with van der Waals surface area (Å²) in [5.74, 6) is 0. The van der Waals surface area contributed by atoms with Crippen molar-refractivity contribution < 1.29 is 36.2 Å². The molecule has 1 N–H and O–H groups in total. The highest BCUT2D eigenvalue weighted by Crippen LogP contribution is 2.32. The number of aliphatic hydroxyl groups is 1. The van der Waals surface area contributed by atoms with Crippen molar-refractivity contribution in [3.8, 4) is 0 Å². The van der Waals surface area contributed by atoms with Gasteiger partial charge in [-0.05, 0) is 0 Å². The van der Waals surface area contributed by atoms with Gasteiger partial charge in [0, 0.05) is 0 Å². The Morgan fingerprint density at radius 2 is 1.58 bits per heavy atom. The van der Waals surface area contributed by atoms with Gasteiger partial charge in [0.05, 0.1) is 0 Å². The minimum Gasteiger partial charge on any atom is -0.329 e. The Bertz CT molecular complexity index is 141. The zero-order valence-corrected chi connectivity index (χ0v) is 5.41. The molecule has 74 valence electrons. The van der Waals surface area contributed by atoms with E-state index in [1.165, 1.54) is 0 Å². The first-order valence-corrected chi connectivity index (χ1v) is 2.57. The fraction of sp³-hybridized carbons (Fsp3) is 1.00. The Labute approximate surface area is 62.7 Å². The van der Waals surface area contributed by atoms with Gasteiger partial charge in [0.2, 0.25) is 0 Å². The molecule has 0 amide bonds. The van der Waals surface area contributed by atoms with E-state index in [1.54, 1.807) is 0 Å². The van der Waals surface area contributed by atoms with Crippen LogP contribution in [0.2, 0.25) is 0 Å². The Kier molecular flexibility index (Phi) is 3.34. The summed E-state index contributed by atoms with van der Waals surface area (Å²) in [7, 11) is 0. The van der Waals surface area contributed by atoms with Crippen LogP contribution < -0.4 is 0 Å². The van der Waals surface area contributed by atoms with Crippen molar-refractivity contribution in [2.75, 3.05) is 6.61 Å². The molecule has 0 aliphatic heterocycles. The van der Waals surface area contributed by atoms with Crippen molar-refractivity contribution in [3.05, 3.63) is 0 Å². The fourth-order valence-electron chi connectivity index (χ4n) is 0.254. The molecule has 0 atom stereocenters. The normalized spacial score (nSPS) is 14.0. The van der Waals surface area contributed by atoms with Crippen molar-refractivity contribution in [1.29, 1.82) is 0 Å². The largest absolute Gasteiger partial charge is 0.448 e. The summed E-state index contributed by atoms with van der Waals surface area (Å²) in [6.45, 7) is -1.87. The van der Waals surface area contributed by atoms with E-state index >= 15 is 0 Å². The monoisotopic (exact) mass is 198 g/mol. The van der Waals surface area contributed by atoms with Gasteiger partial charge in [-0.25, -0.2) is 8.78 Å². The lowest BCUT2D eigenvalue weighted by Crippen LogP contribution is -2.43. The fourth-order valence-corrected chi connectivity index (χ4v) is 0.254. The highest BCUT2D eigenvalue weighted by atomic mass is 19.3. The minimum atomic E-state index is -5.46. The lowest BCUT2D eigenvalue weighted by Gasteiger charge is -2.20. The number of hydrogen-bond donors (Lipinski definition) is 1. The van der Waals surface area contributed by atoms with Gasteiger partial charge in [-0.2, -0.15) is 17.6 Å². The van der Waals surface area contributed by atoms with Gasteiger partial charge in [-0.15, -0.1) is 0 Å². The van der Waals surface area contributed by atoms with Crippen LogP contribution in [0.1, 0.15) is 0 Å². The molecule has 0 aliphatic carbocycles. The molecule has 0 aromatic heterocycles. The van der Waals surface area contributed by atoms with E-state index in [1.807, 2.05) is 0 Å². The smallest absolute Gasteiger partial charge is 0.329 e. The first kappa shape index (κ1) is 11.5. The summed E-state index contributed by atoms with van der Waals surface area (Å²) in [4.78, 5) is 0. The lowest BCUT2D eigenvalue weighted by molar-refractivity contribution is -0.421. The Morgan fingerprint density at radius 1 is 1.17 bits per heavy atom. The maximum absolute atomic E-state index is 11.7. The average Bonchev–Trinajstić information content (AvgIpc) is 1.81. The van der Waals surface area contributed by atoms with Gasteiger partial charge < -0.3 is 9.84 Å². The van der Waals surface area contributed by atoms with Crippen LogP contribution in [0.15, 0.2) is 0 Å². The average molecular weight is 198 g/mol. The third-order valence-corrected chi connectivity index (χ3v) is 0.741. The van der Waals surface area contributed by atoms with Crippen LogP contribution in [0.25, 0.3) is 0 Å². The van der Waals surface area contributed by atoms with Gasteiger partial charge in [-0.3, -0.25) is 0 Å². The predicted molar refractivity (Wildman–Crippen MR) is 24.1 cm³/mol. The summed E-state index contributed by atoms with van der Waals surface area (Å²) in [5, 5.41) is 7.41. The zero-order valence-electron chi connectivity index (χ0n) is 5.41. The molecular formula is C4H4F6O2. The molecule has 0 radical (unpaired) electrons. The van der Waals surface area contributed by atoms with E-state index in [0.717, 1.165) is 0 Å². The molecule has 0 aliphatic rings. The third-order valence-electron chi connectivity index (χ3n) is 0.741. The molecule has 0 spiro atoms. The zero-order chi connectivity index (χ0) is 9.99. The Hall–Kier alpha value is -0.500. The quantitative estimate of drug-likeness (QED) is 0.692. The molecule has 0 bridgehead atoms. The Morgan fingerprint density at radius 3 is 1.83 bits per heavy atom. The Balaban J connectivity index is 4.05. The molecule has 12 heavy (non-hydrogen) atoms. The maximum Gasteiger partial charge on any atom is 0.448 e. The van der Waals surface area contributed by atoms with E-state index < -0.39 is 25.2 Å². The van der Waals surface area contributed by atoms with E-state index in [2.05, 4.69) is 4.74 Å². The van der Waals surface area contributed by atoms with E-state index in [9.17, 15) is 26.3 Å². The highest BCUT2D eigenvalue weighted by molar-refractivity contribution is 4.63. The number of hydrogen-bond acceptors (Lipinski definition) is 2.